The molecule has 0 bridgehead atoms. The molecule has 1 aromatic heterocycles. The smallest absolute Gasteiger partial charge is 0.159 e. The molecule has 0 spiro atoms. The first-order valence-electron chi connectivity index (χ1n) is 8.01. The number of morpholine rings is 1. The van der Waals surface area contributed by atoms with Crippen molar-refractivity contribution in [3.63, 3.8) is 0 Å². The lowest BCUT2D eigenvalue weighted by molar-refractivity contribution is 0.122. The van der Waals surface area contributed by atoms with Crippen LogP contribution in [-0.2, 0) is 4.74 Å². The average molecular weight is 321 g/mol. The average Bonchev–Trinajstić information content (AvgIpc) is 2.64. The fourth-order valence-corrected chi connectivity index (χ4v) is 2.98. The van der Waals surface area contributed by atoms with Crippen molar-refractivity contribution in [2.45, 2.75) is 0 Å². The van der Waals surface area contributed by atoms with Crippen LogP contribution in [0.1, 0.15) is 0 Å². The molecule has 0 saturated carbocycles. The van der Waals surface area contributed by atoms with Crippen LogP contribution in [0.25, 0.3) is 10.8 Å². The lowest BCUT2D eigenvalue weighted by atomic mass is 10.1. The molecule has 0 unspecified atom stereocenters. The molecule has 0 atom stereocenters. The molecule has 0 radical (unpaired) electrons. The van der Waals surface area contributed by atoms with Crippen LogP contribution in [0, 0.1) is 0 Å². The summed E-state index contributed by atoms with van der Waals surface area (Å²) >= 11 is 0. The van der Waals surface area contributed by atoms with E-state index in [4.69, 9.17) is 10.5 Å². The highest BCUT2D eigenvalue weighted by Gasteiger charge is 2.18. The summed E-state index contributed by atoms with van der Waals surface area (Å²) in [5, 5.41) is 5.66. The number of nitrogens with one attached hydrogen (secondary N) is 1. The first-order chi connectivity index (χ1) is 11.8. The molecular weight excluding hydrogens is 302 g/mol. The molecule has 0 amide bonds. The Morgan fingerprint density at radius 2 is 1.79 bits per heavy atom. The Labute approximate surface area is 140 Å². The fourth-order valence-electron chi connectivity index (χ4n) is 2.98. The number of nitrogen functional groups attached to an aromatic ring is 1. The number of fused-ring (bicyclic) bond motifs is 1. The minimum atomic E-state index is 0.562. The number of rotatable bonds is 3. The summed E-state index contributed by atoms with van der Waals surface area (Å²) in [4.78, 5) is 10.8. The van der Waals surface area contributed by atoms with E-state index in [2.05, 4.69) is 38.4 Å². The van der Waals surface area contributed by atoms with Crippen molar-refractivity contribution in [2.24, 2.45) is 0 Å². The minimum Gasteiger partial charge on any atom is -0.393 e. The van der Waals surface area contributed by atoms with Crippen LogP contribution in [0.4, 0.5) is 23.0 Å². The summed E-state index contributed by atoms with van der Waals surface area (Å²) in [6.45, 7) is 2.95. The van der Waals surface area contributed by atoms with E-state index in [9.17, 15) is 0 Å². The molecule has 1 fully saturated rings. The van der Waals surface area contributed by atoms with Gasteiger partial charge >= 0.3 is 0 Å². The molecule has 24 heavy (non-hydrogen) atoms. The van der Waals surface area contributed by atoms with Crippen molar-refractivity contribution in [3.05, 3.63) is 48.8 Å². The second-order valence-electron chi connectivity index (χ2n) is 5.71. The predicted octanol–water partition coefficient (Wildman–Crippen LogP) is 2.79. The zero-order chi connectivity index (χ0) is 16.4. The molecule has 6 nitrogen and oxygen atoms in total. The third-order valence-corrected chi connectivity index (χ3v) is 4.22. The summed E-state index contributed by atoms with van der Waals surface area (Å²) in [6, 6.07) is 14.4. The lowest BCUT2D eigenvalue weighted by Crippen LogP contribution is -2.37. The normalized spacial score (nSPS) is 14.8. The lowest BCUT2D eigenvalue weighted by Gasteiger charge is -2.29. The maximum absolute atomic E-state index is 6.34. The summed E-state index contributed by atoms with van der Waals surface area (Å²) in [6.07, 6.45) is 1.55. The van der Waals surface area contributed by atoms with Gasteiger partial charge in [0, 0.05) is 24.2 Å². The van der Waals surface area contributed by atoms with Gasteiger partial charge in [-0.3, -0.25) is 0 Å². The van der Waals surface area contributed by atoms with E-state index < -0.39 is 0 Å². The molecule has 6 heteroatoms. The number of anilines is 4. The number of hydrogen-bond acceptors (Lipinski definition) is 6. The van der Waals surface area contributed by atoms with Crippen LogP contribution in [0.2, 0.25) is 0 Å². The topological polar surface area (TPSA) is 76.3 Å². The van der Waals surface area contributed by atoms with Gasteiger partial charge in [-0.1, -0.05) is 36.4 Å². The minimum absolute atomic E-state index is 0.562. The number of ether oxygens (including phenoxy) is 1. The Morgan fingerprint density at radius 1 is 1.00 bits per heavy atom. The van der Waals surface area contributed by atoms with Gasteiger partial charge in [0.15, 0.2) is 11.6 Å². The van der Waals surface area contributed by atoms with Crippen molar-refractivity contribution in [1.29, 1.82) is 0 Å². The second kappa shape index (κ2) is 6.33. The van der Waals surface area contributed by atoms with Crippen molar-refractivity contribution < 1.29 is 4.74 Å². The van der Waals surface area contributed by atoms with E-state index >= 15 is 0 Å². The van der Waals surface area contributed by atoms with Crippen LogP contribution in [0.5, 0.6) is 0 Å². The fraction of sp³-hybridized carbons (Fsp3) is 0.222. The molecule has 1 aliphatic heterocycles. The second-order valence-corrected chi connectivity index (χ2v) is 5.71. The van der Waals surface area contributed by atoms with E-state index in [0.29, 0.717) is 24.7 Å². The first-order valence-corrected chi connectivity index (χ1v) is 8.01. The van der Waals surface area contributed by atoms with Gasteiger partial charge in [0.05, 0.1) is 13.2 Å². The SMILES string of the molecule is Nc1c(Nc2cccc3ccccc23)ncnc1N1CCOCC1. The molecule has 2 heterocycles. The van der Waals surface area contributed by atoms with E-state index in [-0.39, 0.29) is 0 Å². The van der Waals surface area contributed by atoms with Gasteiger partial charge in [-0.15, -0.1) is 0 Å². The highest BCUT2D eigenvalue weighted by atomic mass is 16.5. The van der Waals surface area contributed by atoms with Gasteiger partial charge in [-0.25, -0.2) is 9.97 Å². The van der Waals surface area contributed by atoms with E-state index in [1.165, 1.54) is 5.39 Å². The van der Waals surface area contributed by atoms with Gasteiger partial charge in [-0.2, -0.15) is 0 Å². The molecular formula is C18H19N5O. The van der Waals surface area contributed by atoms with Crippen LogP contribution < -0.4 is 16.0 Å². The van der Waals surface area contributed by atoms with Gasteiger partial charge in [0.25, 0.3) is 0 Å². The van der Waals surface area contributed by atoms with Crippen LogP contribution in [0.15, 0.2) is 48.8 Å². The molecule has 122 valence electrons. The van der Waals surface area contributed by atoms with Gasteiger partial charge in [0.2, 0.25) is 0 Å². The van der Waals surface area contributed by atoms with Gasteiger partial charge in [0.1, 0.15) is 12.0 Å². The molecule has 1 aliphatic rings. The highest BCUT2D eigenvalue weighted by molar-refractivity contribution is 5.96. The molecule has 3 N–H and O–H groups in total. The van der Waals surface area contributed by atoms with Gasteiger partial charge in [-0.05, 0) is 11.5 Å². The monoisotopic (exact) mass is 321 g/mol. The third kappa shape index (κ3) is 2.72. The Morgan fingerprint density at radius 3 is 2.67 bits per heavy atom. The largest absolute Gasteiger partial charge is 0.393 e. The molecule has 1 saturated heterocycles. The Bertz CT molecular complexity index is 856. The molecule has 4 rings (SSSR count). The summed E-state index contributed by atoms with van der Waals surface area (Å²) in [5.74, 6) is 1.39. The van der Waals surface area contributed by atoms with Crippen LogP contribution in [0.3, 0.4) is 0 Å². The first kappa shape index (κ1) is 14.7. The number of nitrogens with two attached hydrogens (primary N) is 1. The van der Waals surface area contributed by atoms with Crippen LogP contribution >= 0.6 is 0 Å². The van der Waals surface area contributed by atoms with Crippen molar-refractivity contribution in [3.8, 4) is 0 Å². The quantitative estimate of drug-likeness (QED) is 0.772. The number of nitrogens with zero attached hydrogens (tertiary/aromatic N) is 3. The number of hydrogen-bond donors (Lipinski definition) is 2. The third-order valence-electron chi connectivity index (χ3n) is 4.22. The van der Waals surface area contributed by atoms with Gasteiger partial charge < -0.3 is 20.7 Å². The number of benzene rings is 2. The summed E-state index contributed by atoms with van der Waals surface area (Å²) in [5.41, 5.74) is 7.88. The molecule has 0 aliphatic carbocycles. The molecule has 3 aromatic rings. The maximum Gasteiger partial charge on any atom is 0.159 e. The van der Waals surface area contributed by atoms with E-state index in [1.807, 2.05) is 24.3 Å². The molecule has 2 aromatic carbocycles. The summed E-state index contributed by atoms with van der Waals surface area (Å²) in [7, 11) is 0. The van der Waals surface area contributed by atoms with Crippen molar-refractivity contribution >= 4 is 33.8 Å². The van der Waals surface area contributed by atoms with Crippen molar-refractivity contribution in [2.75, 3.05) is 42.3 Å². The van der Waals surface area contributed by atoms with Crippen molar-refractivity contribution in [1.82, 2.24) is 9.97 Å². The Hall–Kier alpha value is -2.86. The zero-order valence-corrected chi connectivity index (χ0v) is 13.3. The Balaban J connectivity index is 1.69. The Kier molecular flexibility index (Phi) is 3.88. The highest BCUT2D eigenvalue weighted by Crippen LogP contribution is 2.31. The summed E-state index contributed by atoms with van der Waals surface area (Å²) < 4.78 is 5.39. The maximum atomic E-state index is 6.34. The number of aromatic nitrogens is 2. The predicted molar refractivity (Wildman–Crippen MR) is 96.7 cm³/mol. The van der Waals surface area contributed by atoms with E-state index in [0.717, 1.165) is 30.0 Å². The zero-order valence-electron chi connectivity index (χ0n) is 13.3. The van der Waals surface area contributed by atoms with Crippen LogP contribution in [-0.4, -0.2) is 36.3 Å². The van der Waals surface area contributed by atoms with E-state index in [1.54, 1.807) is 6.33 Å². The standard InChI is InChI=1S/C18H19N5O/c19-16-17(20-12-21-18(16)23-8-10-24-11-9-23)22-15-7-3-5-13-4-1-2-6-14(13)15/h1-7,12H,8-11,19H2,(H,20,21,22).